The van der Waals surface area contributed by atoms with E-state index in [1.807, 2.05) is 18.2 Å². The summed E-state index contributed by atoms with van der Waals surface area (Å²) in [4.78, 5) is 12.1. The van der Waals surface area contributed by atoms with E-state index in [1.54, 1.807) is 0 Å². The first kappa shape index (κ1) is 12.2. The Balaban J connectivity index is 1.74. The smallest absolute Gasteiger partial charge is 0.170 e. The van der Waals surface area contributed by atoms with Crippen molar-refractivity contribution >= 4 is 21.7 Å². The summed E-state index contributed by atoms with van der Waals surface area (Å²) in [6.45, 7) is 0.842. The Morgan fingerprint density at radius 3 is 3.00 bits per heavy atom. The molecule has 2 heterocycles. The van der Waals surface area contributed by atoms with Crippen LogP contribution >= 0.6 is 15.9 Å². The van der Waals surface area contributed by atoms with Crippen LogP contribution in [0.3, 0.4) is 0 Å². The second-order valence-corrected chi connectivity index (χ2v) is 5.79. The van der Waals surface area contributed by atoms with Crippen LogP contribution in [0.4, 0.5) is 0 Å². The van der Waals surface area contributed by atoms with Crippen molar-refractivity contribution in [2.24, 2.45) is 0 Å². The molecule has 1 saturated heterocycles. The monoisotopic (exact) mass is 310 g/mol. The zero-order valence-corrected chi connectivity index (χ0v) is 11.6. The summed E-state index contributed by atoms with van der Waals surface area (Å²) in [5.74, 6) is 0.873. The number of carbonyl (C=O) groups is 1. The molecule has 3 nitrogen and oxygen atoms in total. The number of rotatable bonds is 2. The van der Waals surface area contributed by atoms with Crippen LogP contribution in [0, 0.1) is 0 Å². The minimum Gasteiger partial charge on any atom is -0.489 e. The van der Waals surface area contributed by atoms with Gasteiger partial charge in [0.15, 0.2) is 5.78 Å². The van der Waals surface area contributed by atoms with Crippen molar-refractivity contribution in [2.75, 3.05) is 6.61 Å². The van der Waals surface area contributed by atoms with Crippen molar-refractivity contribution in [1.29, 1.82) is 0 Å². The van der Waals surface area contributed by atoms with Crippen molar-refractivity contribution in [3.63, 3.8) is 0 Å². The van der Waals surface area contributed by atoms with Gasteiger partial charge in [0, 0.05) is 23.9 Å². The van der Waals surface area contributed by atoms with Gasteiger partial charge in [0.25, 0.3) is 0 Å². The van der Waals surface area contributed by atoms with Crippen LogP contribution < -0.4 is 4.74 Å². The SMILES string of the molecule is O=C1CC(CC2CCCO2)Oc2ccc(Br)cc21. The molecule has 2 aliphatic heterocycles. The molecule has 0 radical (unpaired) electrons. The highest BCUT2D eigenvalue weighted by Crippen LogP contribution is 2.32. The molecule has 1 aromatic carbocycles. The molecule has 3 rings (SSSR count). The Bertz CT molecular complexity index is 466. The van der Waals surface area contributed by atoms with Crippen molar-refractivity contribution in [2.45, 2.75) is 37.9 Å². The number of benzene rings is 1. The van der Waals surface area contributed by atoms with Gasteiger partial charge in [0.05, 0.1) is 11.7 Å². The van der Waals surface area contributed by atoms with Gasteiger partial charge in [-0.15, -0.1) is 0 Å². The number of fused-ring (bicyclic) bond motifs is 1. The lowest BCUT2D eigenvalue weighted by Crippen LogP contribution is -2.30. The molecule has 4 heteroatoms. The summed E-state index contributed by atoms with van der Waals surface area (Å²) in [6.07, 6.45) is 3.72. The zero-order valence-electron chi connectivity index (χ0n) is 10.0. The first-order valence-electron chi connectivity index (χ1n) is 6.33. The quantitative estimate of drug-likeness (QED) is 0.840. The molecule has 1 fully saturated rings. The Morgan fingerprint density at radius 2 is 2.22 bits per heavy atom. The molecular formula is C14H15BrO3. The van der Waals surface area contributed by atoms with Gasteiger partial charge in [-0.2, -0.15) is 0 Å². The number of Topliss-reactive ketones (excluding diaryl/α,β-unsaturated/α-hetero) is 1. The van der Waals surface area contributed by atoms with E-state index >= 15 is 0 Å². The first-order valence-corrected chi connectivity index (χ1v) is 7.12. The van der Waals surface area contributed by atoms with Gasteiger partial charge < -0.3 is 9.47 Å². The van der Waals surface area contributed by atoms with E-state index < -0.39 is 0 Å². The van der Waals surface area contributed by atoms with Gasteiger partial charge in [0.2, 0.25) is 0 Å². The third-order valence-electron chi connectivity index (χ3n) is 3.50. The van der Waals surface area contributed by atoms with Crippen LogP contribution in [0.1, 0.15) is 36.0 Å². The predicted molar refractivity (Wildman–Crippen MR) is 71.1 cm³/mol. The summed E-state index contributed by atoms with van der Waals surface area (Å²) in [7, 11) is 0. The molecule has 1 aromatic rings. The summed E-state index contributed by atoms with van der Waals surface area (Å²) in [6, 6.07) is 5.60. The predicted octanol–water partition coefficient (Wildman–Crippen LogP) is 3.35. The largest absolute Gasteiger partial charge is 0.489 e. The standard InChI is InChI=1S/C14H15BrO3/c15-9-3-4-14-12(6-9)13(16)8-11(18-14)7-10-2-1-5-17-10/h3-4,6,10-11H,1-2,5,7-8H2. The van der Waals surface area contributed by atoms with Crippen LogP contribution in [0.25, 0.3) is 0 Å². The molecule has 0 saturated carbocycles. The fourth-order valence-corrected chi connectivity index (χ4v) is 2.98. The number of halogens is 1. The maximum atomic E-state index is 12.1. The second kappa shape index (κ2) is 5.02. The maximum Gasteiger partial charge on any atom is 0.170 e. The van der Waals surface area contributed by atoms with Gasteiger partial charge >= 0.3 is 0 Å². The third-order valence-corrected chi connectivity index (χ3v) is 3.99. The maximum absolute atomic E-state index is 12.1. The van der Waals surface area contributed by atoms with Crippen LogP contribution in [0.15, 0.2) is 22.7 Å². The molecule has 96 valence electrons. The lowest BCUT2D eigenvalue weighted by Gasteiger charge is -2.27. The second-order valence-electron chi connectivity index (χ2n) is 4.88. The minimum atomic E-state index is -0.0331. The van der Waals surface area contributed by atoms with Crippen molar-refractivity contribution in [3.8, 4) is 5.75 Å². The van der Waals surface area contributed by atoms with Crippen LogP contribution in [0.5, 0.6) is 5.75 Å². The first-order chi connectivity index (χ1) is 8.72. The summed E-state index contributed by atoms with van der Waals surface area (Å²) < 4.78 is 12.4. The van der Waals surface area contributed by atoms with Crippen molar-refractivity contribution < 1.29 is 14.3 Å². The molecular weight excluding hydrogens is 296 g/mol. The van der Waals surface area contributed by atoms with Crippen LogP contribution in [0.2, 0.25) is 0 Å². The molecule has 0 spiro atoms. The Kier molecular flexibility index (Phi) is 3.39. The third kappa shape index (κ3) is 2.45. The van der Waals surface area contributed by atoms with E-state index in [1.165, 1.54) is 0 Å². The Labute approximate surface area is 115 Å². The summed E-state index contributed by atoms with van der Waals surface area (Å²) >= 11 is 3.38. The Hall–Kier alpha value is -0.870. The van der Waals surface area contributed by atoms with Gasteiger partial charge in [-0.1, -0.05) is 15.9 Å². The summed E-state index contributed by atoms with van der Waals surface area (Å²) in [5.41, 5.74) is 0.688. The molecule has 0 N–H and O–H groups in total. The normalized spacial score (nSPS) is 26.8. The number of hydrogen-bond donors (Lipinski definition) is 0. The van der Waals surface area contributed by atoms with Crippen molar-refractivity contribution in [1.82, 2.24) is 0 Å². The topological polar surface area (TPSA) is 35.5 Å². The molecule has 0 aliphatic carbocycles. The van der Waals surface area contributed by atoms with Gasteiger partial charge in [0.1, 0.15) is 11.9 Å². The number of ketones is 1. The van der Waals surface area contributed by atoms with E-state index in [2.05, 4.69) is 15.9 Å². The summed E-state index contributed by atoms with van der Waals surface area (Å²) in [5, 5.41) is 0. The van der Waals surface area contributed by atoms with E-state index in [0.717, 1.165) is 30.3 Å². The molecule has 0 amide bonds. The van der Waals surface area contributed by atoms with E-state index in [4.69, 9.17) is 9.47 Å². The van der Waals surface area contributed by atoms with Crippen LogP contribution in [-0.4, -0.2) is 24.6 Å². The number of hydrogen-bond acceptors (Lipinski definition) is 3. The highest BCUT2D eigenvalue weighted by molar-refractivity contribution is 9.10. The molecule has 2 aliphatic rings. The van der Waals surface area contributed by atoms with Gasteiger partial charge in [-0.25, -0.2) is 0 Å². The Morgan fingerprint density at radius 1 is 1.33 bits per heavy atom. The lowest BCUT2D eigenvalue weighted by atomic mass is 9.97. The van der Waals surface area contributed by atoms with Gasteiger partial charge in [-0.3, -0.25) is 4.79 Å². The number of ether oxygens (including phenoxy) is 2. The average Bonchev–Trinajstić information content (AvgIpc) is 2.83. The molecule has 0 bridgehead atoms. The zero-order chi connectivity index (χ0) is 12.5. The van der Waals surface area contributed by atoms with Gasteiger partial charge in [-0.05, 0) is 31.0 Å². The molecule has 0 aromatic heterocycles. The van der Waals surface area contributed by atoms with E-state index in [0.29, 0.717) is 17.7 Å². The van der Waals surface area contributed by atoms with Crippen LogP contribution in [-0.2, 0) is 4.74 Å². The van der Waals surface area contributed by atoms with E-state index in [9.17, 15) is 4.79 Å². The van der Waals surface area contributed by atoms with Crippen molar-refractivity contribution in [3.05, 3.63) is 28.2 Å². The fourth-order valence-electron chi connectivity index (χ4n) is 2.62. The fraction of sp³-hybridized carbons (Fsp3) is 0.500. The highest BCUT2D eigenvalue weighted by Gasteiger charge is 2.29. The lowest BCUT2D eigenvalue weighted by molar-refractivity contribution is 0.0514. The minimum absolute atomic E-state index is 0.0331. The molecule has 2 unspecified atom stereocenters. The number of carbonyl (C=O) groups excluding carboxylic acids is 1. The average molecular weight is 311 g/mol. The molecule has 2 atom stereocenters. The van der Waals surface area contributed by atoms with E-state index in [-0.39, 0.29) is 18.0 Å². The highest BCUT2D eigenvalue weighted by atomic mass is 79.9. The molecule has 18 heavy (non-hydrogen) atoms.